The third-order valence-corrected chi connectivity index (χ3v) is 4.26. The van der Waals surface area contributed by atoms with Crippen LogP contribution in [0.3, 0.4) is 0 Å². The Kier molecular flexibility index (Phi) is 4.65. The van der Waals surface area contributed by atoms with Crippen LogP contribution in [-0.2, 0) is 6.54 Å². The molecular formula is C13H11BrF3NS. The molecule has 0 saturated heterocycles. The summed E-state index contributed by atoms with van der Waals surface area (Å²) < 4.78 is 40.0. The fourth-order valence-electron chi connectivity index (χ4n) is 1.72. The molecule has 0 aliphatic rings. The van der Waals surface area contributed by atoms with Gasteiger partial charge in [-0.2, -0.15) is 13.2 Å². The zero-order valence-corrected chi connectivity index (χ0v) is 12.1. The van der Waals surface area contributed by atoms with E-state index in [0.717, 1.165) is 9.35 Å². The van der Waals surface area contributed by atoms with Gasteiger partial charge in [-0.1, -0.05) is 30.3 Å². The van der Waals surface area contributed by atoms with Crippen molar-refractivity contribution in [2.45, 2.75) is 18.8 Å². The molecule has 0 radical (unpaired) electrons. The van der Waals surface area contributed by atoms with Crippen molar-refractivity contribution in [3.05, 3.63) is 56.7 Å². The van der Waals surface area contributed by atoms with Gasteiger partial charge in [0, 0.05) is 21.3 Å². The van der Waals surface area contributed by atoms with Crippen LogP contribution in [0.1, 0.15) is 16.5 Å². The molecule has 0 bridgehead atoms. The lowest BCUT2D eigenvalue weighted by atomic mass is 10.1. The van der Waals surface area contributed by atoms with E-state index < -0.39 is 12.2 Å². The van der Waals surface area contributed by atoms with Crippen LogP contribution in [0.5, 0.6) is 0 Å². The number of hydrogen-bond acceptors (Lipinski definition) is 2. The second-order valence-electron chi connectivity index (χ2n) is 4.00. The fourth-order valence-corrected chi connectivity index (χ4v) is 3.12. The Morgan fingerprint density at radius 2 is 1.89 bits per heavy atom. The van der Waals surface area contributed by atoms with E-state index in [0.29, 0.717) is 0 Å². The lowest BCUT2D eigenvalue weighted by Gasteiger charge is -2.21. The Morgan fingerprint density at radius 3 is 2.42 bits per heavy atom. The van der Waals surface area contributed by atoms with Gasteiger partial charge in [-0.05, 0) is 27.6 Å². The van der Waals surface area contributed by atoms with E-state index in [1.807, 2.05) is 11.4 Å². The predicted octanol–water partition coefficient (Wildman–Crippen LogP) is 4.90. The van der Waals surface area contributed by atoms with Crippen molar-refractivity contribution in [1.29, 1.82) is 0 Å². The summed E-state index contributed by atoms with van der Waals surface area (Å²) in [4.78, 5) is 0.858. The van der Waals surface area contributed by atoms with E-state index in [9.17, 15) is 13.2 Å². The maximum Gasteiger partial charge on any atom is 0.407 e. The minimum atomic E-state index is -4.31. The number of thiophene rings is 1. The van der Waals surface area contributed by atoms with Crippen molar-refractivity contribution in [3.8, 4) is 0 Å². The Labute approximate surface area is 121 Å². The van der Waals surface area contributed by atoms with E-state index in [1.165, 1.54) is 23.5 Å². The third-order valence-electron chi connectivity index (χ3n) is 2.56. The Balaban J connectivity index is 2.11. The maximum atomic E-state index is 13.0. The molecule has 0 aliphatic carbocycles. The van der Waals surface area contributed by atoms with Crippen molar-refractivity contribution in [3.63, 3.8) is 0 Å². The summed E-state index contributed by atoms with van der Waals surface area (Å²) >= 11 is 4.70. The summed E-state index contributed by atoms with van der Waals surface area (Å²) in [6, 6.07) is 8.05. The average molecular weight is 350 g/mol. The van der Waals surface area contributed by atoms with E-state index >= 15 is 0 Å². The molecule has 1 aromatic heterocycles. The van der Waals surface area contributed by atoms with Gasteiger partial charge in [0.05, 0.1) is 0 Å². The summed E-state index contributed by atoms with van der Waals surface area (Å²) in [5, 5.41) is 4.42. The zero-order chi connectivity index (χ0) is 13.9. The number of rotatable bonds is 4. The maximum absolute atomic E-state index is 13.0. The molecule has 0 aliphatic heterocycles. The van der Waals surface area contributed by atoms with Crippen molar-refractivity contribution in [2.75, 3.05) is 0 Å². The van der Waals surface area contributed by atoms with Crippen LogP contribution in [0.15, 0.2) is 46.3 Å². The van der Waals surface area contributed by atoms with Crippen LogP contribution < -0.4 is 5.32 Å². The molecule has 2 aromatic rings. The van der Waals surface area contributed by atoms with Gasteiger partial charge in [0.25, 0.3) is 0 Å². The van der Waals surface area contributed by atoms with Crippen molar-refractivity contribution >= 4 is 27.3 Å². The van der Waals surface area contributed by atoms with Crippen LogP contribution >= 0.6 is 27.3 Å². The summed E-state index contributed by atoms with van der Waals surface area (Å²) in [5.74, 6) is 0. The smallest absolute Gasteiger partial charge is 0.298 e. The lowest BCUT2D eigenvalue weighted by Crippen LogP contribution is -2.33. The van der Waals surface area contributed by atoms with E-state index in [-0.39, 0.29) is 12.1 Å². The van der Waals surface area contributed by atoms with Gasteiger partial charge in [-0.3, -0.25) is 5.32 Å². The lowest BCUT2D eigenvalue weighted by molar-refractivity contribution is -0.158. The highest BCUT2D eigenvalue weighted by Crippen LogP contribution is 2.33. The van der Waals surface area contributed by atoms with Crippen LogP contribution in [0.25, 0.3) is 0 Å². The molecule has 1 nitrogen and oxygen atoms in total. The molecule has 1 heterocycles. The highest BCUT2D eigenvalue weighted by molar-refractivity contribution is 9.10. The molecule has 102 valence electrons. The highest BCUT2D eigenvalue weighted by atomic mass is 79.9. The Morgan fingerprint density at radius 1 is 1.21 bits per heavy atom. The quantitative estimate of drug-likeness (QED) is 0.827. The molecule has 1 N–H and O–H groups in total. The summed E-state index contributed by atoms with van der Waals surface area (Å²) in [6.07, 6.45) is -4.31. The summed E-state index contributed by atoms with van der Waals surface area (Å²) in [5.41, 5.74) is 0.227. The molecule has 19 heavy (non-hydrogen) atoms. The van der Waals surface area contributed by atoms with E-state index in [4.69, 9.17) is 0 Å². The second-order valence-corrected chi connectivity index (χ2v) is 5.91. The molecule has 0 spiro atoms. The standard InChI is InChI=1S/C13H11BrF3NS/c14-10-6-11(19-8-10)7-18-12(13(15,16)17)9-4-2-1-3-5-9/h1-6,8,12,18H,7H2. The highest BCUT2D eigenvalue weighted by Gasteiger charge is 2.40. The third kappa shape index (κ3) is 4.06. The predicted molar refractivity (Wildman–Crippen MR) is 74.1 cm³/mol. The first-order valence-electron chi connectivity index (χ1n) is 5.55. The molecule has 0 amide bonds. The average Bonchev–Trinajstić information content (AvgIpc) is 2.75. The van der Waals surface area contributed by atoms with Gasteiger partial charge in [-0.25, -0.2) is 0 Å². The molecule has 1 atom stereocenters. The zero-order valence-electron chi connectivity index (χ0n) is 9.75. The molecular weight excluding hydrogens is 339 g/mol. The van der Waals surface area contributed by atoms with Crippen LogP contribution in [0, 0.1) is 0 Å². The topological polar surface area (TPSA) is 12.0 Å². The molecule has 1 unspecified atom stereocenters. The summed E-state index contributed by atoms with van der Waals surface area (Å²) in [6.45, 7) is 0.190. The van der Waals surface area contributed by atoms with E-state index in [1.54, 1.807) is 18.2 Å². The Bertz CT molecular complexity index is 524. The first kappa shape index (κ1) is 14.6. The minimum absolute atomic E-state index is 0.190. The number of halogens is 4. The van der Waals surface area contributed by atoms with Crippen molar-refractivity contribution in [1.82, 2.24) is 5.32 Å². The van der Waals surface area contributed by atoms with Crippen LogP contribution in [0.4, 0.5) is 13.2 Å². The monoisotopic (exact) mass is 349 g/mol. The van der Waals surface area contributed by atoms with Crippen molar-refractivity contribution < 1.29 is 13.2 Å². The first-order chi connectivity index (χ1) is 8.97. The first-order valence-corrected chi connectivity index (χ1v) is 7.22. The van der Waals surface area contributed by atoms with Crippen molar-refractivity contribution in [2.24, 2.45) is 0 Å². The molecule has 6 heteroatoms. The molecule has 1 aromatic carbocycles. The normalized spacial score (nSPS) is 13.5. The number of hydrogen-bond donors (Lipinski definition) is 1. The number of benzene rings is 1. The van der Waals surface area contributed by atoms with Crippen LogP contribution in [-0.4, -0.2) is 6.18 Å². The van der Waals surface area contributed by atoms with Gasteiger partial charge in [-0.15, -0.1) is 11.3 Å². The van der Waals surface area contributed by atoms with Gasteiger partial charge in [0.2, 0.25) is 0 Å². The molecule has 2 rings (SSSR count). The number of alkyl halides is 3. The SMILES string of the molecule is FC(F)(F)C(NCc1cc(Br)cs1)c1ccccc1. The number of nitrogens with one attached hydrogen (secondary N) is 1. The Hall–Kier alpha value is -0.850. The van der Waals surface area contributed by atoms with Gasteiger partial charge in [0.1, 0.15) is 6.04 Å². The molecule has 0 fully saturated rings. The van der Waals surface area contributed by atoms with Crippen LogP contribution in [0.2, 0.25) is 0 Å². The minimum Gasteiger partial charge on any atom is -0.298 e. The van der Waals surface area contributed by atoms with Gasteiger partial charge < -0.3 is 0 Å². The largest absolute Gasteiger partial charge is 0.407 e. The second kappa shape index (κ2) is 6.07. The fraction of sp³-hybridized carbons (Fsp3) is 0.231. The van der Waals surface area contributed by atoms with Gasteiger partial charge in [0.15, 0.2) is 0 Å². The van der Waals surface area contributed by atoms with Gasteiger partial charge >= 0.3 is 6.18 Å². The molecule has 0 saturated carbocycles. The summed E-state index contributed by atoms with van der Waals surface area (Å²) in [7, 11) is 0. The van der Waals surface area contributed by atoms with E-state index in [2.05, 4.69) is 21.2 Å².